The van der Waals surface area contributed by atoms with E-state index < -0.39 is 8.25 Å². The Morgan fingerprint density at radius 2 is 1.47 bits per heavy atom. The van der Waals surface area contributed by atoms with Crippen LogP contribution in [0.25, 0.3) is 0 Å². The Balaban J connectivity index is 0. The molecule has 1 aliphatic heterocycles. The molecule has 0 atom stereocenters. The van der Waals surface area contributed by atoms with E-state index in [2.05, 4.69) is 5.32 Å². The van der Waals surface area contributed by atoms with Gasteiger partial charge in [-0.05, 0) is 19.3 Å². The SMILES string of the molecule is NCCNCCN.O=[P+]1OCCCCCO1.[Ca]. The minimum Gasteiger partial charge on any atom is -0.329 e. The Bertz CT molecular complexity index is 164. The summed E-state index contributed by atoms with van der Waals surface area (Å²) in [6, 6.07) is 0. The van der Waals surface area contributed by atoms with Crippen LogP contribution in [0.5, 0.6) is 0 Å². The molecule has 8 heteroatoms. The summed E-state index contributed by atoms with van der Waals surface area (Å²) in [6.45, 7) is 4.29. The monoisotopic (exact) mass is 292 g/mol. The van der Waals surface area contributed by atoms with Crippen LogP contribution in [0.4, 0.5) is 0 Å². The Kier molecular flexibility index (Phi) is 20.7. The minimum atomic E-state index is -1.79. The first-order chi connectivity index (χ1) is 7.81. The second kappa shape index (κ2) is 17.2. The Morgan fingerprint density at radius 1 is 1.00 bits per heavy atom. The maximum atomic E-state index is 10.5. The summed E-state index contributed by atoms with van der Waals surface area (Å²) in [4.78, 5) is 0. The van der Waals surface area contributed by atoms with Crippen LogP contribution < -0.4 is 16.8 Å². The van der Waals surface area contributed by atoms with Crippen molar-refractivity contribution in [2.75, 3.05) is 39.4 Å². The van der Waals surface area contributed by atoms with Crippen molar-refractivity contribution < 1.29 is 13.6 Å². The Morgan fingerprint density at radius 3 is 1.88 bits per heavy atom. The van der Waals surface area contributed by atoms with Crippen molar-refractivity contribution in [1.29, 1.82) is 0 Å². The van der Waals surface area contributed by atoms with Crippen LogP contribution in [0, 0.1) is 0 Å². The second-order valence-electron chi connectivity index (χ2n) is 3.28. The van der Waals surface area contributed by atoms with Crippen LogP contribution in [-0.4, -0.2) is 77.1 Å². The number of rotatable bonds is 4. The van der Waals surface area contributed by atoms with E-state index in [9.17, 15) is 4.57 Å². The van der Waals surface area contributed by atoms with Gasteiger partial charge in [-0.25, -0.2) is 0 Å². The molecule has 5 N–H and O–H groups in total. The summed E-state index contributed by atoms with van der Waals surface area (Å²) in [7, 11) is -1.79. The van der Waals surface area contributed by atoms with Gasteiger partial charge >= 0.3 is 8.25 Å². The molecule has 17 heavy (non-hydrogen) atoms. The molecule has 6 nitrogen and oxygen atoms in total. The first-order valence-corrected chi connectivity index (χ1v) is 6.74. The fourth-order valence-electron chi connectivity index (χ4n) is 1.03. The summed E-state index contributed by atoms with van der Waals surface area (Å²) in [5.41, 5.74) is 10.3. The molecule has 98 valence electrons. The van der Waals surface area contributed by atoms with Gasteiger partial charge in [0.25, 0.3) is 0 Å². The second-order valence-corrected chi connectivity index (χ2v) is 4.24. The summed E-state index contributed by atoms with van der Waals surface area (Å²) < 4.78 is 20.1. The normalized spacial score (nSPS) is 16.0. The molecule has 1 aliphatic rings. The molecule has 1 rings (SSSR count). The molecule has 1 fully saturated rings. The molecule has 0 aromatic heterocycles. The summed E-state index contributed by atoms with van der Waals surface area (Å²) >= 11 is 0. The van der Waals surface area contributed by atoms with Gasteiger partial charge in [0.2, 0.25) is 0 Å². The van der Waals surface area contributed by atoms with E-state index in [1.54, 1.807) is 0 Å². The van der Waals surface area contributed by atoms with Gasteiger partial charge in [0.1, 0.15) is 13.2 Å². The fourth-order valence-corrected chi connectivity index (χ4v) is 1.66. The summed E-state index contributed by atoms with van der Waals surface area (Å²) in [5.74, 6) is 0. The van der Waals surface area contributed by atoms with Gasteiger partial charge in [-0.15, -0.1) is 9.05 Å². The minimum absolute atomic E-state index is 0. The number of nitrogens with two attached hydrogens (primary N) is 2. The van der Waals surface area contributed by atoms with E-state index in [-0.39, 0.29) is 37.7 Å². The molecule has 2 radical (unpaired) electrons. The van der Waals surface area contributed by atoms with Crippen molar-refractivity contribution in [3.05, 3.63) is 0 Å². The largest absolute Gasteiger partial charge is 0.697 e. The summed E-state index contributed by atoms with van der Waals surface area (Å²) in [5, 5.41) is 3.03. The van der Waals surface area contributed by atoms with E-state index >= 15 is 0 Å². The summed E-state index contributed by atoms with van der Waals surface area (Å²) in [6.07, 6.45) is 3.12. The third-order valence-corrected chi connectivity index (χ3v) is 2.61. The number of hydrogen-bond donors (Lipinski definition) is 3. The van der Waals surface area contributed by atoms with E-state index in [0.29, 0.717) is 26.3 Å². The Labute approximate surface area is 134 Å². The van der Waals surface area contributed by atoms with Crippen molar-refractivity contribution in [2.45, 2.75) is 19.3 Å². The fraction of sp³-hybridized carbons (Fsp3) is 1.00. The van der Waals surface area contributed by atoms with Crippen molar-refractivity contribution in [1.82, 2.24) is 5.32 Å². The number of hydrogen-bond acceptors (Lipinski definition) is 6. The predicted octanol–water partition coefficient (Wildman–Crippen LogP) is -0.0265. The molecule has 0 aliphatic carbocycles. The zero-order valence-corrected chi connectivity index (χ0v) is 13.5. The van der Waals surface area contributed by atoms with Crippen LogP contribution in [0.2, 0.25) is 0 Å². The first kappa shape index (κ1) is 20.5. The van der Waals surface area contributed by atoms with Crippen molar-refractivity contribution in [2.24, 2.45) is 11.5 Å². The molecule has 1 saturated heterocycles. The third-order valence-electron chi connectivity index (χ3n) is 1.82. The smallest absolute Gasteiger partial charge is 0.329 e. The first-order valence-electron chi connectivity index (χ1n) is 5.65. The van der Waals surface area contributed by atoms with Crippen molar-refractivity contribution in [3.8, 4) is 0 Å². The topological polar surface area (TPSA) is 99.6 Å². The maximum Gasteiger partial charge on any atom is 0.697 e. The van der Waals surface area contributed by atoms with Gasteiger partial charge in [-0.3, -0.25) is 0 Å². The van der Waals surface area contributed by atoms with E-state index in [4.69, 9.17) is 20.5 Å². The van der Waals surface area contributed by atoms with E-state index in [1.165, 1.54) is 0 Å². The molecule has 0 spiro atoms. The zero-order valence-electron chi connectivity index (χ0n) is 10.4. The van der Waals surface area contributed by atoms with Gasteiger partial charge in [0.15, 0.2) is 0 Å². The van der Waals surface area contributed by atoms with E-state index in [0.717, 1.165) is 32.4 Å². The van der Waals surface area contributed by atoms with E-state index in [1.807, 2.05) is 0 Å². The molecule has 0 saturated carbocycles. The molecule has 0 unspecified atom stereocenters. The zero-order chi connectivity index (χ0) is 12.1. The van der Waals surface area contributed by atoms with Gasteiger partial charge in [-0.2, -0.15) is 0 Å². The van der Waals surface area contributed by atoms with Gasteiger partial charge in [0, 0.05) is 68.5 Å². The van der Waals surface area contributed by atoms with Gasteiger partial charge < -0.3 is 16.8 Å². The van der Waals surface area contributed by atoms with Crippen LogP contribution >= 0.6 is 8.25 Å². The molecule has 0 bridgehead atoms. The van der Waals surface area contributed by atoms with Crippen LogP contribution in [0.15, 0.2) is 0 Å². The Hall–Kier alpha value is 1.16. The molecular weight excluding hydrogens is 269 g/mol. The van der Waals surface area contributed by atoms with Crippen LogP contribution in [0.3, 0.4) is 0 Å². The molecular formula is C9H23CaN3O3P+. The van der Waals surface area contributed by atoms with Crippen molar-refractivity contribution >= 4 is 46.0 Å². The standard InChI is InChI=1S/C5H10O3P.C4H13N3.Ca/c6-9-7-4-2-1-3-5-8-9;5-1-3-7-4-2-6;/h1-5H2;7H,1-6H2;/q+1;;. The predicted molar refractivity (Wildman–Crippen MR) is 70.1 cm³/mol. The average Bonchev–Trinajstić information content (AvgIpc) is 2.25. The van der Waals surface area contributed by atoms with Gasteiger partial charge in [0.05, 0.1) is 0 Å². The average molecular weight is 292 g/mol. The molecule has 0 aromatic carbocycles. The van der Waals surface area contributed by atoms with Crippen LogP contribution in [-0.2, 0) is 13.6 Å². The maximum absolute atomic E-state index is 10.5. The van der Waals surface area contributed by atoms with Crippen LogP contribution in [0.1, 0.15) is 19.3 Å². The van der Waals surface area contributed by atoms with Crippen molar-refractivity contribution in [3.63, 3.8) is 0 Å². The molecule has 0 amide bonds. The van der Waals surface area contributed by atoms with Gasteiger partial charge in [-0.1, -0.05) is 0 Å². The molecule has 1 heterocycles. The third kappa shape index (κ3) is 17.2. The molecule has 0 aromatic rings. The quantitative estimate of drug-likeness (QED) is 0.382. The number of nitrogens with one attached hydrogen (secondary N) is 1.